The first-order valence-corrected chi connectivity index (χ1v) is 10.8. The quantitative estimate of drug-likeness (QED) is 0.534. The average Bonchev–Trinajstić information content (AvgIpc) is 3.32. The molecule has 1 fully saturated rings. The van der Waals surface area contributed by atoms with Crippen LogP contribution in [0.15, 0.2) is 72.3 Å². The van der Waals surface area contributed by atoms with Crippen molar-refractivity contribution < 1.29 is 9.53 Å². The van der Waals surface area contributed by atoms with E-state index in [-0.39, 0.29) is 5.91 Å². The highest BCUT2D eigenvalue weighted by Gasteiger charge is 2.25. The zero-order valence-corrected chi connectivity index (χ0v) is 17.1. The minimum atomic E-state index is 0.0573. The van der Waals surface area contributed by atoms with Gasteiger partial charge in [0.15, 0.2) is 0 Å². The number of ether oxygens (including phenoxy) is 1. The summed E-state index contributed by atoms with van der Waals surface area (Å²) in [6, 6.07) is 17.9. The third kappa shape index (κ3) is 5.33. The number of nitrogens with zero attached hydrogens (tertiary/aromatic N) is 2. The topological polar surface area (TPSA) is 42.4 Å². The number of rotatable bonds is 6. The Bertz CT molecular complexity index is 954. The summed E-state index contributed by atoms with van der Waals surface area (Å²) in [7, 11) is 0. The van der Waals surface area contributed by atoms with Crippen LogP contribution in [0.1, 0.15) is 34.9 Å². The Morgan fingerprint density at radius 1 is 1.21 bits per heavy atom. The number of hydrogen-bond acceptors (Lipinski definition) is 4. The number of thiazole rings is 1. The number of carbonyl (C=O) groups excluding carboxylic acids is 1. The first-order chi connectivity index (χ1) is 14.3. The van der Waals surface area contributed by atoms with Crippen molar-refractivity contribution in [3.8, 4) is 5.75 Å². The van der Waals surface area contributed by atoms with E-state index < -0.39 is 0 Å². The number of piperidine rings is 1. The van der Waals surface area contributed by atoms with E-state index >= 15 is 0 Å². The second-order valence-electron chi connectivity index (χ2n) is 7.17. The monoisotopic (exact) mass is 404 g/mol. The smallest absolute Gasteiger partial charge is 0.246 e. The van der Waals surface area contributed by atoms with Crippen molar-refractivity contribution in [2.75, 3.05) is 13.1 Å². The maximum absolute atomic E-state index is 12.7. The van der Waals surface area contributed by atoms with Gasteiger partial charge in [0, 0.05) is 36.7 Å². The van der Waals surface area contributed by atoms with Gasteiger partial charge in [-0.15, -0.1) is 11.3 Å². The molecule has 148 valence electrons. The summed E-state index contributed by atoms with van der Waals surface area (Å²) >= 11 is 1.68. The third-order valence-electron chi connectivity index (χ3n) is 5.06. The first kappa shape index (κ1) is 19.4. The zero-order valence-electron chi connectivity index (χ0n) is 16.2. The molecular formula is C24H24N2O2S. The lowest BCUT2D eigenvalue weighted by atomic mass is 9.98. The fraction of sp³-hybridized carbons (Fsp3) is 0.250. The first-order valence-electron chi connectivity index (χ1n) is 9.91. The molecule has 1 aliphatic rings. The molecule has 4 nitrogen and oxygen atoms in total. The maximum Gasteiger partial charge on any atom is 0.246 e. The maximum atomic E-state index is 12.7. The Kier molecular flexibility index (Phi) is 6.37. The molecule has 2 heterocycles. The van der Waals surface area contributed by atoms with Crippen molar-refractivity contribution in [3.05, 3.63) is 88.4 Å². The number of aromatic nitrogens is 1. The van der Waals surface area contributed by atoms with E-state index in [0.29, 0.717) is 12.5 Å². The van der Waals surface area contributed by atoms with Crippen LogP contribution in [0.4, 0.5) is 0 Å². The van der Waals surface area contributed by atoms with E-state index in [1.54, 1.807) is 17.4 Å². The van der Waals surface area contributed by atoms with E-state index in [4.69, 9.17) is 4.74 Å². The van der Waals surface area contributed by atoms with Crippen molar-refractivity contribution in [1.82, 2.24) is 9.88 Å². The third-order valence-corrected chi connectivity index (χ3v) is 6.00. The van der Waals surface area contributed by atoms with E-state index in [1.807, 2.05) is 77.2 Å². The average molecular weight is 405 g/mol. The van der Waals surface area contributed by atoms with Crippen LogP contribution in [-0.4, -0.2) is 28.9 Å². The molecule has 0 N–H and O–H groups in total. The standard InChI is InChI=1S/C24H24N2O2S/c27-23(26-14-5-9-21(17-26)24-25-13-15-29-24)12-11-19-8-4-10-22(16-19)28-18-20-6-2-1-3-7-20/h1-4,6-8,10-13,15-16,21H,5,9,14,17-18H2/b12-11+. The molecular weight excluding hydrogens is 380 g/mol. The number of carbonyl (C=O) groups is 1. The van der Waals surface area contributed by atoms with Crippen LogP contribution in [0.5, 0.6) is 5.75 Å². The summed E-state index contributed by atoms with van der Waals surface area (Å²) in [5.41, 5.74) is 2.08. The van der Waals surface area contributed by atoms with E-state index in [2.05, 4.69) is 4.98 Å². The number of benzene rings is 2. The highest BCUT2D eigenvalue weighted by Crippen LogP contribution is 2.28. The minimum absolute atomic E-state index is 0.0573. The molecule has 1 atom stereocenters. The molecule has 1 aromatic heterocycles. The Morgan fingerprint density at radius 3 is 2.93 bits per heavy atom. The van der Waals surface area contributed by atoms with Gasteiger partial charge in [-0.2, -0.15) is 0 Å². The highest BCUT2D eigenvalue weighted by atomic mass is 32.1. The predicted molar refractivity (Wildman–Crippen MR) is 117 cm³/mol. The molecule has 1 amide bonds. The van der Waals surface area contributed by atoms with E-state index in [9.17, 15) is 4.79 Å². The Hall–Kier alpha value is -2.92. The molecule has 29 heavy (non-hydrogen) atoms. The molecule has 1 saturated heterocycles. The summed E-state index contributed by atoms with van der Waals surface area (Å²) in [6.07, 6.45) is 7.49. The van der Waals surface area contributed by atoms with Crippen molar-refractivity contribution in [2.45, 2.75) is 25.4 Å². The van der Waals surface area contributed by atoms with Gasteiger partial charge in [0.25, 0.3) is 0 Å². The van der Waals surface area contributed by atoms with Crippen LogP contribution in [0, 0.1) is 0 Å². The number of amides is 1. The summed E-state index contributed by atoms with van der Waals surface area (Å²) in [5, 5.41) is 3.14. The van der Waals surface area contributed by atoms with Crippen LogP contribution >= 0.6 is 11.3 Å². The molecule has 0 spiro atoms. The summed E-state index contributed by atoms with van der Waals surface area (Å²) < 4.78 is 5.88. The molecule has 5 heteroatoms. The fourth-order valence-corrected chi connectivity index (χ4v) is 4.30. The SMILES string of the molecule is O=C(/C=C/c1cccc(OCc2ccccc2)c1)N1CCCC(c2nccs2)C1. The normalized spacial score (nSPS) is 16.8. The lowest BCUT2D eigenvalue weighted by Gasteiger charge is -2.31. The largest absolute Gasteiger partial charge is 0.489 e. The van der Waals surface area contributed by atoms with Crippen LogP contribution in [0.2, 0.25) is 0 Å². The van der Waals surface area contributed by atoms with E-state index in [1.165, 1.54) is 0 Å². The van der Waals surface area contributed by atoms with E-state index in [0.717, 1.165) is 47.8 Å². The van der Waals surface area contributed by atoms with Gasteiger partial charge in [-0.1, -0.05) is 42.5 Å². The van der Waals surface area contributed by atoms with Crippen LogP contribution in [-0.2, 0) is 11.4 Å². The molecule has 0 bridgehead atoms. The van der Waals surface area contributed by atoms with Crippen LogP contribution in [0.3, 0.4) is 0 Å². The van der Waals surface area contributed by atoms with Gasteiger partial charge in [0.1, 0.15) is 12.4 Å². The summed E-state index contributed by atoms with van der Waals surface area (Å²) in [5.74, 6) is 1.21. The van der Waals surface area contributed by atoms with Crippen LogP contribution in [0.25, 0.3) is 6.08 Å². The van der Waals surface area contributed by atoms with Crippen molar-refractivity contribution >= 4 is 23.3 Å². The number of likely N-dealkylation sites (tertiary alicyclic amines) is 1. The van der Waals surface area contributed by atoms with Gasteiger partial charge >= 0.3 is 0 Å². The Morgan fingerprint density at radius 2 is 2.10 bits per heavy atom. The molecule has 0 radical (unpaired) electrons. The molecule has 0 aliphatic carbocycles. The molecule has 0 saturated carbocycles. The highest BCUT2D eigenvalue weighted by molar-refractivity contribution is 7.09. The second kappa shape index (κ2) is 9.52. The molecule has 3 aromatic rings. The fourth-order valence-electron chi connectivity index (χ4n) is 3.54. The van der Waals surface area contributed by atoms with Crippen molar-refractivity contribution in [1.29, 1.82) is 0 Å². The van der Waals surface area contributed by atoms with Gasteiger partial charge < -0.3 is 9.64 Å². The number of hydrogen-bond donors (Lipinski definition) is 0. The summed E-state index contributed by atoms with van der Waals surface area (Å²) in [4.78, 5) is 19.0. The van der Waals surface area contributed by atoms with Crippen molar-refractivity contribution in [2.24, 2.45) is 0 Å². The predicted octanol–water partition coefficient (Wildman–Crippen LogP) is 5.14. The van der Waals surface area contributed by atoms with Gasteiger partial charge in [0.05, 0.1) is 5.01 Å². The minimum Gasteiger partial charge on any atom is -0.489 e. The van der Waals surface area contributed by atoms with Gasteiger partial charge in [-0.3, -0.25) is 4.79 Å². The van der Waals surface area contributed by atoms with Gasteiger partial charge in [0.2, 0.25) is 5.91 Å². The van der Waals surface area contributed by atoms with Gasteiger partial charge in [-0.25, -0.2) is 4.98 Å². The Labute approximate surface area is 175 Å². The van der Waals surface area contributed by atoms with Crippen LogP contribution < -0.4 is 4.74 Å². The van der Waals surface area contributed by atoms with Gasteiger partial charge in [-0.05, 0) is 42.2 Å². The zero-order chi connectivity index (χ0) is 19.9. The second-order valence-corrected chi connectivity index (χ2v) is 8.10. The summed E-state index contributed by atoms with van der Waals surface area (Å²) in [6.45, 7) is 2.08. The lowest BCUT2D eigenvalue weighted by Crippen LogP contribution is -2.38. The Balaban J connectivity index is 1.35. The molecule has 4 rings (SSSR count). The molecule has 1 aliphatic heterocycles. The molecule has 1 unspecified atom stereocenters. The molecule has 2 aromatic carbocycles. The van der Waals surface area contributed by atoms with Crippen molar-refractivity contribution in [3.63, 3.8) is 0 Å². The lowest BCUT2D eigenvalue weighted by molar-refractivity contribution is -0.127.